The number of likely N-dealkylation sites (N-methyl/N-ethyl adjacent to an activating group) is 1. The minimum absolute atomic E-state index is 0.539. The fourth-order valence-electron chi connectivity index (χ4n) is 4.55. The molecule has 0 aliphatic carbocycles. The number of fused-ring (bicyclic) bond motifs is 1. The first-order chi connectivity index (χ1) is 13.7. The summed E-state index contributed by atoms with van der Waals surface area (Å²) in [4.78, 5) is 9.68. The van der Waals surface area contributed by atoms with E-state index in [0.29, 0.717) is 18.0 Å². The Bertz CT molecular complexity index is 819. The molecule has 2 aliphatic heterocycles. The lowest BCUT2D eigenvalue weighted by molar-refractivity contribution is -0.0308. The summed E-state index contributed by atoms with van der Waals surface area (Å²) in [7, 11) is 4.35. The largest absolute Gasteiger partial charge is 0.315 e. The second-order valence-corrected chi connectivity index (χ2v) is 8.16. The Morgan fingerprint density at radius 3 is 2.71 bits per heavy atom. The predicted molar refractivity (Wildman–Crippen MR) is 114 cm³/mol. The van der Waals surface area contributed by atoms with E-state index < -0.39 is 0 Å². The first kappa shape index (κ1) is 19.1. The summed E-state index contributed by atoms with van der Waals surface area (Å²) >= 11 is 0. The average Bonchev–Trinajstić information content (AvgIpc) is 2.69. The molecule has 1 aromatic heterocycles. The van der Waals surface area contributed by atoms with Crippen molar-refractivity contribution in [2.75, 3.05) is 40.3 Å². The summed E-state index contributed by atoms with van der Waals surface area (Å²) in [6.07, 6.45) is 4.61. The Balaban J connectivity index is 1.52. The van der Waals surface area contributed by atoms with E-state index in [1.54, 1.807) is 0 Å². The third kappa shape index (κ3) is 4.28. The van der Waals surface area contributed by atoms with Gasteiger partial charge in [0, 0.05) is 42.9 Å². The molecule has 0 saturated carbocycles. The van der Waals surface area contributed by atoms with Gasteiger partial charge >= 0.3 is 0 Å². The highest BCUT2D eigenvalue weighted by Crippen LogP contribution is 2.41. The monoisotopic (exact) mass is 374 g/mol. The predicted octanol–water partition coefficient (Wildman–Crippen LogP) is 2.56. The number of benzene rings is 1. The van der Waals surface area contributed by atoms with Crippen LogP contribution in [0.3, 0.4) is 0 Å². The first-order valence-corrected chi connectivity index (χ1v) is 10.4. The van der Waals surface area contributed by atoms with E-state index in [2.05, 4.69) is 64.4 Å². The van der Waals surface area contributed by atoms with E-state index in [0.717, 1.165) is 30.9 Å². The van der Waals surface area contributed by atoms with Crippen molar-refractivity contribution in [1.29, 1.82) is 0 Å². The molecule has 2 fully saturated rings. The number of nitrogens with one attached hydrogen (secondary N) is 1. The number of rotatable bonds is 3. The maximum atomic E-state index is 4.66. The molecule has 2 aromatic rings. The van der Waals surface area contributed by atoms with Gasteiger partial charge in [0.15, 0.2) is 0 Å². The molecule has 2 saturated heterocycles. The van der Waals surface area contributed by atoms with Crippen LogP contribution in [0.5, 0.6) is 0 Å². The van der Waals surface area contributed by atoms with Crippen LogP contribution in [0.15, 0.2) is 48.7 Å². The summed E-state index contributed by atoms with van der Waals surface area (Å²) in [5.74, 6) is 6.92. The van der Waals surface area contributed by atoms with Gasteiger partial charge < -0.3 is 10.2 Å². The van der Waals surface area contributed by atoms with Gasteiger partial charge in [-0.15, -0.1) is 0 Å². The van der Waals surface area contributed by atoms with E-state index in [1.807, 2.05) is 30.3 Å². The van der Waals surface area contributed by atoms with Crippen LogP contribution in [0.2, 0.25) is 0 Å². The van der Waals surface area contributed by atoms with Crippen molar-refractivity contribution in [3.05, 3.63) is 65.5 Å². The fraction of sp³-hybridized carbons (Fsp3) is 0.458. The van der Waals surface area contributed by atoms with Gasteiger partial charge in [0.05, 0.1) is 0 Å². The Hall–Kier alpha value is -2.19. The van der Waals surface area contributed by atoms with Crippen LogP contribution in [0.1, 0.15) is 35.6 Å². The van der Waals surface area contributed by atoms with Crippen molar-refractivity contribution in [1.82, 2.24) is 20.1 Å². The number of pyridine rings is 1. The standard InChI is InChI=1S/C24H30N4/c1-27(2)18-23-24(22-17-25-14-6-7-15-28(22)23)20-11-13-21(26-16-20)12-10-19-8-4-3-5-9-19/h3-5,8-9,11,13,16,22-25H,6-7,14-15,17-18H2,1-2H3/t22-,23+,24+/m0/s1. The third-order valence-corrected chi connectivity index (χ3v) is 5.89. The molecule has 3 heterocycles. The van der Waals surface area contributed by atoms with Crippen molar-refractivity contribution >= 4 is 0 Å². The molecule has 4 rings (SSSR count). The minimum Gasteiger partial charge on any atom is -0.315 e. The van der Waals surface area contributed by atoms with Gasteiger partial charge in [0.25, 0.3) is 0 Å². The molecule has 1 aromatic carbocycles. The molecule has 146 valence electrons. The minimum atomic E-state index is 0.539. The molecule has 0 bridgehead atoms. The molecule has 4 nitrogen and oxygen atoms in total. The summed E-state index contributed by atoms with van der Waals surface area (Å²) in [6.45, 7) is 4.53. The number of aromatic nitrogens is 1. The number of hydrogen-bond acceptors (Lipinski definition) is 4. The third-order valence-electron chi connectivity index (χ3n) is 5.89. The van der Waals surface area contributed by atoms with Gasteiger partial charge in [-0.25, -0.2) is 4.98 Å². The van der Waals surface area contributed by atoms with Crippen LogP contribution in [0, 0.1) is 11.8 Å². The van der Waals surface area contributed by atoms with Gasteiger partial charge in [0.2, 0.25) is 0 Å². The van der Waals surface area contributed by atoms with Crippen molar-refractivity contribution in [2.45, 2.75) is 30.8 Å². The lowest BCUT2D eigenvalue weighted by atomic mass is 9.74. The van der Waals surface area contributed by atoms with Crippen LogP contribution < -0.4 is 5.32 Å². The zero-order chi connectivity index (χ0) is 19.3. The Labute approximate surface area is 169 Å². The van der Waals surface area contributed by atoms with Crippen LogP contribution in [0.4, 0.5) is 0 Å². The molecule has 0 unspecified atom stereocenters. The van der Waals surface area contributed by atoms with Crippen LogP contribution >= 0.6 is 0 Å². The summed E-state index contributed by atoms with van der Waals surface area (Å²) in [5.41, 5.74) is 3.21. The maximum Gasteiger partial charge on any atom is 0.113 e. The van der Waals surface area contributed by atoms with Crippen molar-refractivity contribution in [2.24, 2.45) is 0 Å². The molecular formula is C24H30N4. The zero-order valence-electron chi connectivity index (χ0n) is 16.9. The quantitative estimate of drug-likeness (QED) is 0.837. The van der Waals surface area contributed by atoms with Gasteiger partial charge in [-0.05, 0) is 69.7 Å². The van der Waals surface area contributed by atoms with Crippen molar-refractivity contribution in [3.63, 3.8) is 0 Å². The van der Waals surface area contributed by atoms with E-state index in [-0.39, 0.29) is 0 Å². The van der Waals surface area contributed by atoms with Crippen molar-refractivity contribution in [3.8, 4) is 11.8 Å². The summed E-state index contributed by atoms with van der Waals surface area (Å²) < 4.78 is 0. The van der Waals surface area contributed by atoms with Crippen LogP contribution in [-0.4, -0.2) is 67.1 Å². The van der Waals surface area contributed by atoms with Gasteiger partial charge in [-0.1, -0.05) is 30.2 Å². The van der Waals surface area contributed by atoms with Gasteiger partial charge in [-0.2, -0.15) is 0 Å². The molecular weight excluding hydrogens is 344 g/mol. The fourth-order valence-corrected chi connectivity index (χ4v) is 4.55. The van der Waals surface area contributed by atoms with Crippen LogP contribution in [0.25, 0.3) is 0 Å². The van der Waals surface area contributed by atoms with E-state index in [1.165, 1.54) is 24.9 Å². The topological polar surface area (TPSA) is 31.4 Å². The first-order valence-electron chi connectivity index (χ1n) is 10.4. The highest BCUT2D eigenvalue weighted by atomic mass is 15.3. The molecule has 28 heavy (non-hydrogen) atoms. The summed E-state index contributed by atoms with van der Waals surface area (Å²) in [5, 5.41) is 3.64. The Morgan fingerprint density at radius 1 is 1.11 bits per heavy atom. The summed E-state index contributed by atoms with van der Waals surface area (Å²) in [6, 6.07) is 15.6. The van der Waals surface area contributed by atoms with Gasteiger partial charge in [0.1, 0.15) is 5.69 Å². The molecule has 2 aliphatic rings. The maximum absolute atomic E-state index is 4.66. The van der Waals surface area contributed by atoms with E-state index in [9.17, 15) is 0 Å². The van der Waals surface area contributed by atoms with Gasteiger partial charge in [-0.3, -0.25) is 4.90 Å². The van der Waals surface area contributed by atoms with E-state index in [4.69, 9.17) is 0 Å². The average molecular weight is 375 g/mol. The number of hydrogen-bond donors (Lipinski definition) is 1. The number of nitrogens with zero attached hydrogens (tertiary/aromatic N) is 3. The molecule has 0 radical (unpaired) electrons. The normalized spacial score (nSPS) is 25.0. The van der Waals surface area contributed by atoms with E-state index >= 15 is 0 Å². The molecule has 0 spiro atoms. The second-order valence-electron chi connectivity index (χ2n) is 8.16. The smallest absolute Gasteiger partial charge is 0.113 e. The second kappa shape index (κ2) is 8.87. The Kier molecular flexibility index (Phi) is 6.07. The lowest BCUT2D eigenvalue weighted by Gasteiger charge is -2.57. The lowest BCUT2D eigenvalue weighted by Crippen LogP contribution is -2.68. The molecule has 0 amide bonds. The molecule has 1 N–H and O–H groups in total. The SMILES string of the molecule is CN(C)C[C@@H]1[C@H](c2ccc(C#Cc3ccccc3)nc2)[C@@H]2CNCCCCN12. The Morgan fingerprint density at radius 2 is 1.96 bits per heavy atom. The van der Waals surface area contributed by atoms with Crippen LogP contribution in [-0.2, 0) is 0 Å². The zero-order valence-corrected chi connectivity index (χ0v) is 16.9. The molecule has 3 atom stereocenters. The highest BCUT2D eigenvalue weighted by molar-refractivity contribution is 5.40. The highest BCUT2D eigenvalue weighted by Gasteiger charge is 2.48. The van der Waals surface area contributed by atoms with Crippen molar-refractivity contribution < 1.29 is 0 Å². The molecule has 4 heteroatoms.